The highest BCUT2D eigenvalue weighted by Gasteiger charge is 2.23. The number of aromatic nitrogens is 1. The zero-order valence-corrected chi connectivity index (χ0v) is 8.67. The highest BCUT2D eigenvalue weighted by Crippen LogP contribution is 2.25. The minimum atomic E-state index is -0.461. The fourth-order valence-electron chi connectivity index (χ4n) is 1.83. The van der Waals surface area contributed by atoms with Gasteiger partial charge in [-0.15, -0.1) is 0 Å². The van der Waals surface area contributed by atoms with Crippen molar-refractivity contribution in [2.24, 2.45) is 0 Å². The fourth-order valence-corrected chi connectivity index (χ4v) is 1.83. The predicted octanol–water partition coefficient (Wildman–Crippen LogP) is 2.37. The van der Waals surface area contributed by atoms with Gasteiger partial charge in [0.2, 0.25) is 0 Å². The van der Waals surface area contributed by atoms with Gasteiger partial charge in [0.05, 0.1) is 17.2 Å². The summed E-state index contributed by atoms with van der Waals surface area (Å²) in [5.74, 6) is 0. The van der Waals surface area contributed by atoms with E-state index in [0.717, 1.165) is 18.5 Å². The fraction of sp³-hybridized carbons (Fsp3) is 0.500. The molecule has 0 N–H and O–H groups in total. The van der Waals surface area contributed by atoms with Crippen LogP contribution >= 0.6 is 0 Å². The van der Waals surface area contributed by atoms with Crippen molar-refractivity contribution >= 4 is 0 Å². The molecule has 0 saturated heterocycles. The summed E-state index contributed by atoms with van der Waals surface area (Å²) in [6.07, 6.45) is 3.43. The van der Waals surface area contributed by atoms with Crippen LogP contribution in [0.5, 0.6) is 0 Å². The Labute approximate surface area is 84.6 Å². The van der Waals surface area contributed by atoms with Crippen LogP contribution < -0.4 is 0 Å². The van der Waals surface area contributed by atoms with Crippen molar-refractivity contribution in [1.82, 2.24) is 4.98 Å². The van der Waals surface area contributed by atoms with Gasteiger partial charge in [-0.3, -0.25) is 4.98 Å². The molecule has 2 rings (SSSR count). The van der Waals surface area contributed by atoms with E-state index in [1.54, 1.807) is 0 Å². The van der Waals surface area contributed by atoms with Crippen molar-refractivity contribution in [3.05, 3.63) is 29.1 Å². The molecule has 0 fully saturated rings. The largest absolute Gasteiger partial charge is 0.256 e. The molecule has 0 bridgehead atoms. The third-order valence-electron chi connectivity index (χ3n) is 2.85. The van der Waals surface area contributed by atoms with E-state index >= 15 is 0 Å². The van der Waals surface area contributed by atoms with Crippen LogP contribution in [0.4, 0.5) is 0 Å². The van der Waals surface area contributed by atoms with Crippen LogP contribution in [0.2, 0.25) is 0 Å². The lowest BCUT2D eigenvalue weighted by Gasteiger charge is -2.15. The van der Waals surface area contributed by atoms with E-state index in [1.807, 2.05) is 19.9 Å². The third kappa shape index (κ3) is 1.39. The van der Waals surface area contributed by atoms with Crippen molar-refractivity contribution in [2.75, 3.05) is 0 Å². The van der Waals surface area contributed by atoms with E-state index in [4.69, 9.17) is 5.26 Å². The summed E-state index contributed by atoms with van der Waals surface area (Å²) in [7, 11) is 0. The Bertz CT molecular complexity index is 399. The molecule has 1 aromatic rings. The molecule has 0 unspecified atom stereocenters. The van der Waals surface area contributed by atoms with Crippen LogP contribution in [-0.2, 0) is 18.3 Å². The van der Waals surface area contributed by atoms with Crippen molar-refractivity contribution in [2.45, 2.75) is 38.5 Å². The molecule has 72 valence electrons. The molecular weight excluding hydrogens is 172 g/mol. The number of hydrogen-bond donors (Lipinski definition) is 0. The molecule has 1 aliphatic carbocycles. The Morgan fingerprint density at radius 2 is 2.14 bits per heavy atom. The zero-order chi connectivity index (χ0) is 10.2. The van der Waals surface area contributed by atoms with Gasteiger partial charge in [-0.1, -0.05) is 6.07 Å². The standard InChI is InChI=1S/C12H14N2/c1-12(2,8-13)11-7-6-9-4-3-5-10(9)14-11/h6-7H,3-5H2,1-2H3. The SMILES string of the molecule is CC(C)(C#N)c1ccc2c(n1)CCC2. The van der Waals surface area contributed by atoms with Gasteiger partial charge in [0.15, 0.2) is 0 Å². The quantitative estimate of drug-likeness (QED) is 0.675. The molecule has 0 aliphatic heterocycles. The second-order valence-corrected chi connectivity index (χ2v) is 4.39. The molecule has 1 aliphatic rings. The molecule has 1 heterocycles. The molecule has 2 nitrogen and oxygen atoms in total. The molecule has 14 heavy (non-hydrogen) atoms. The lowest BCUT2D eigenvalue weighted by Crippen LogP contribution is -2.16. The average Bonchev–Trinajstić information content (AvgIpc) is 2.64. The Balaban J connectivity index is 2.44. The topological polar surface area (TPSA) is 36.7 Å². The minimum Gasteiger partial charge on any atom is -0.256 e. The van der Waals surface area contributed by atoms with Crippen LogP contribution in [0, 0.1) is 11.3 Å². The lowest BCUT2D eigenvalue weighted by molar-refractivity contribution is 0.654. The first-order chi connectivity index (χ1) is 6.63. The Morgan fingerprint density at radius 1 is 1.36 bits per heavy atom. The van der Waals surface area contributed by atoms with Gasteiger partial charge < -0.3 is 0 Å². The third-order valence-corrected chi connectivity index (χ3v) is 2.85. The highest BCUT2D eigenvalue weighted by atomic mass is 14.7. The maximum absolute atomic E-state index is 9.01. The average molecular weight is 186 g/mol. The molecule has 0 atom stereocenters. The first-order valence-electron chi connectivity index (χ1n) is 5.04. The second kappa shape index (κ2) is 3.09. The first kappa shape index (κ1) is 9.21. The summed E-state index contributed by atoms with van der Waals surface area (Å²) in [6, 6.07) is 6.41. The molecule has 0 amide bonds. The number of hydrogen-bond acceptors (Lipinski definition) is 2. The van der Waals surface area contributed by atoms with E-state index in [1.165, 1.54) is 17.7 Å². The summed E-state index contributed by atoms with van der Waals surface area (Å²) >= 11 is 0. The van der Waals surface area contributed by atoms with Gasteiger partial charge in [0.1, 0.15) is 0 Å². The van der Waals surface area contributed by atoms with Gasteiger partial charge >= 0.3 is 0 Å². The molecule has 0 radical (unpaired) electrons. The molecule has 0 spiro atoms. The predicted molar refractivity (Wildman–Crippen MR) is 54.9 cm³/mol. The maximum Gasteiger partial charge on any atom is 0.0937 e. The number of fused-ring (bicyclic) bond motifs is 1. The van der Waals surface area contributed by atoms with Crippen molar-refractivity contribution in [1.29, 1.82) is 5.26 Å². The minimum absolute atomic E-state index is 0.461. The van der Waals surface area contributed by atoms with Crippen LogP contribution in [0.25, 0.3) is 0 Å². The van der Waals surface area contributed by atoms with Crippen molar-refractivity contribution < 1.29 is 0 Å². The normalized spacial score (nSPS) is 14.9. The smallest absolute Gasteiger partial charge is 0.0937 e. The summed E-state index contributed by atoms with van der Waals surface area (Å²) in [6.45, 7) is 3.83. The van der Waals surface area contributed by atoms with Gasteiger partial charge in [0, 0.05) is 5.69 Å². The second-order valence-electron chi connectivity index (χ2n) is 4.39. The van der Waals surface area contributed by atoms with Crippen LogP contribution in [-0.4, -0.2) is 4.98 Å². The summed E-state index contributed by atoms with van der Waals surface area (Å²) in [4.78, 5) is 4.57. The van der Waals surface area contributed by atoms with Gasteiger partial charge in [-0.2, -0.15) is 5.26 Å². The molecular formula is C12H14N2. The highest BCUT2D eigenvalue weighted by molar-refractivity contribution is 5.32. The van der Waals surface area contributed by atoms with Crippen molar-refractivity contribution in [3.63, 3.8) is 0 Å². The molecule has 2 heteroatoms. The Kier molecular flexibility index (Phi) is 2.03. The van der Waals surface area contributed by atoms with Crippen LogP contribution in [0.15, 0.2) is 12.1 Å². The molecule has 0 saturated carbocycles. The molecule has 0 aromatic carbocycles. The van der Waals surface area contributed by atoms with E-state index in [-0.39, 0.29) is 0 Å². The summed E-state index contributed by atoms with van der Waals surface area (Å²) in [5.41, 5.74) is 3.01. The van der Waals surface area contributed by atoms with E-state index in [2.05, 4.69) is 17.1 Å². The van der Waals surface area contributed by atoms with Gasteiger partial charge in [0.25, 0.3) is 0 Å². The Hall–Kier alpha value is -1.36. The van der Waals surface area contributed by atoms with Gasteiger partial charge in [-0.05, 0) is 44.7 Å². The van der Waals surface area contributed by atoms with E-state index < -0.39 is 5.41 Å². The van der Waals surface area contributed by atoms with Crippen LogP contribution in [0.1, 0.15) is 37.2 Å². The van der Waals surface area contributed by atoms with E-state index in [0.29, 0.717) is 0 Å². The van der Waals surface area contributed by atoms with Crippen molar-refractivity contribution in [3.8, 4) is 6.07 Å². The lowest BCUT2D eigenvalue weighted by atomic mass is 9.90. The zero-order valence-electron chi connectivity index (χ0n) is 8.67. The van der Waals surface area contributed by atoms with E-state index in [9.17, 15) is 0 Å². The summed E-state index contributed by atoms with van der Waals surface area (Å²) < 4.78 is 0. The maximum atomic E-state index is 9.01. The monoisotopic (exact) mass is 186 g/mol. The number of nitriles is 1. The summed E-state index contributed by atoms with van der Waals surface area (Å²) in [5, 5.41) is 9.01. The number of aryl methyl sites for hydroxylation is 2. The Morgan fingerprint density at radius 3 is 2.86 bits per heavy atom. The van der Waals surface area contributed by atoms with Gasteiger partial charge in [-0.25, -0.2) is 0 Å². The molecule has 1 aromatic heterocycles. The number of nitrogens with zero attached hydrogens (tertiary/aromatic N) is 2. The number of pyridine rings is 1. The number of rotatable bonds is 1. The van der Waals surface area contributed by atoms with Crippen LogP contribution in [0.3, 0.4) is 0 Å². The first-order valence-corrected chi connectivity index (χ1v) is 5.04.